The minimum absolute atomic E-state index is 0.0546. The number of hydrogen-bond acceptors (Lipinski definition) is 9. The van der Waals surface area contributed by atoms with Crippen LogP contribution in [0, 0.1) is 5.92 Å². The molecule has 2 amide bonds. The number of amides is 2. The highest BCUT2D eigenvalue weighted by molar-refractivity contribution is 6.10. The van der Waals surface area contributed by atoms with Crippen molar-refractivity contribution in [3.8, 4) is 11.5 Å². The van der Waals surface area contributed by atoms with Crippen molar-refractivity contribution in [3.05, 3.63) is 46.9 Å². The number of hydrogen-bond donors (Lipinski definition) is 1. The summed E-state index contributed by atoms with van der Waals surface area (Å²) in [6.45, 7) is 9.55. The lowest BCUT2D eigenvalue weighted by Gasteiger charge is -2.29. The molecule has 12 heteroatoms. The van der Waals surface area contributed by atoms with Crippen LogP contribution in [0.15, 0.2) is 24.3 Å². The van der Waals surface area contributed by atoms with Gasteiger partial charge in [0.1, 0.15) is 30.5 Å². The van der Waals surface area contributed by atoms with E-state index in [1.54, 1.807) is 17.0 Å². The van der Waals surface area contributed by atoms with Gasteiger partial charge in [-0.2, -0.15) is 0 Å². The number of carbonyl (C=O) groups is 2. The van der Waals surface area contributed by atoms with Gasteiger partial charge in [-0.05, 0) is 38.0 Å². The van der Waals surface area contributed by atoms with E-state index in [0.717, 1.165) is 5.82 Å². The van der Waals surface area contributed by atoms with Crippen molar-refractivity contribution in [2.75, 3.05) is 30.5 Å². The summed E-state index contributed by atoms with van der Waals surface area (Å²) < 4.78 is 13.2. The van der Waals surface area contributed by atoms with E-state index in [2.05, 4.69) is 33.9 Å². The van der Waals surface area contributed by atoms with Gasteiger partial charge in [0.15, 0.2) is 11.6 Å². The number of rotatable bonds is 7. The van der Waals surface area contributed by atoms with Crippen LogP contribution < -0.4 is 15.1 Å². The Morgan fingerprint density at radius 1 is 1.23 bits per heavy atom. The van der Waals surface area contributed by atoms with Gasteiger partial charge in [-0.25, -0.2) is 14.8 Å². The van der Waals surface area contributed by atoms with Crippen molar-refractivity contribution in [2.45, 2.75) is 59.5 Å². The van der Waals surface area contributed by atoms with E-state index < -0.39 is 6.09 Å². The summed E-state index contributed by atoms with van der Waals surface area (Å²) in [4.78, 5) is 38.7. The van der Waals surface area contributed by atoms with Gasteiger partial charge in [0.25, 0.3) is 5.91 Å². The normalized spacial score (nSPS) is 16.5. The topological polar surface area (TPSA) is 128 Å². The van der Waals surface area contributed by atoms with E-state index in [4.69, 9.17) is 19.4 Å². The molecular weight excluding hydrogens is 500 g/mol. The fraction of sp³-hybridized carbons (Fsp3) is 0.481. The molecule has 12 nitrogen and oxygen atoms in total. The minimum atomic E-state index is -0.564. The standard InChI is InChI=1S/C27H34N8O4/c1-15(2)21-13-38-14-24-31-32-25(35(21)24)19-8-7-9-22(29-19)34-11-18-17(26(34)36)10-23(33(6)16(3)4)30-20(18)12-39-27(37)28-5/h7-10,15-16,21H,11-14H2,1-6H3,(H,28,37)/t21-/m1/s1. The molecule has 206 valence electrons. The maximum atomic E-state index is 13.7. The molecule has 1 N–H and O–H groups in total. The van der Waals surface area contributed by atoms with Crippen LogP contribution in [0.3, 0.4) is 0 Å². The summed E-state index contributed by atoms with van der Waals surface area (Å²) in [7, 11) is 3.41. The third kappa shape index (κ3) is 4.91. The summed E-state index contributed by atoms with van der Waals surface area (Å²) >= 11 is 0. The summed E-state index contributed by atoms with van der Waals surface area (Å²) in [5, 5.41) is 11.2. The Labute approximate surface area is 227 Å². The quantitative estimate of drug-likeness (QED) is 0.485. The number of carbonyl (C=O) groups excluding carboxylic acids is 2. The summed E-state index contributed by atoms with van der Waals surface area (Å²) in [5.41, 5.74) is 2.40. The molecule has 0 saturated heterocycles. The number of pyridine rings is 2. The molecule has 3 aromatic rings. The highest BCUT2D eigenvalue weighted by Crippen LogP contribution is 2.34. The molecule has 2 aliphatic heterocycles. The van der Waals surface area contributed by atoms with Gasteiger partial charge in [-0.1, -0.05) is 19.9 Å². The van der Waals surface area contributed by atoms with Crippen molar-refractivity contribution in [2.24, 2.45) is 5.92 Å². The third-order valence-corrected chi connectivity index (χ3v) is 7.30. The molecule has 2 aliphatic rings. The molecule has 0 fully saturated rings. The second-order valence-electron chi connectivity index (χ2n) is 10.4. The highest BCUT2D eigenvalue weighted by atomic mass is 16.5. The second kappa shape index (κ2) is 10.6. The maximum absolute atomic E-state index is 13.7. The van der Waals surface area contributed by atoms with Crippen LogP contribution in [0.25, 0.3) is 11.5 Å². The summed E-state index contributed by atoms with van der Waals surface area (Å²) in [5.74, 6) is 2.68. The molecule has 0 spiro atoms. The van der Waals surface area contributed by atoms with Crippen LogP contribution in [0.1, 0.15) is 61.2 Å². The molecular formula is C27H34N8O4. The van der Waals surface area contributed by atoms with Crippen molar-refractivity contribution in [3.63, 3.8) is 0 Å². The van der Waals surface area contributed by atoms with Gasteiger partial charge in [0.2, 0.25) is 0 Å². The molecule has 3 aromatic heterocycles. The molecule has 39 heavy (non-hydrogen) atoms. The van der Waals surface area contributed by atoms with Gasteiger partial charge < -0.3 is 24.3 Å². The highest BCUT2D eigenvalue weighted by Gasteiger charge is 2.34. The largest absolute Gasteiger partial charge is 0.443 e. The van der Waals surface area contributed by atoms with E-state index in [1.807, 2.05) is 37.9 Å². The molecule has 5 heterocycles. The monoisotopic (exact) mass is 534 g/mol. The van der Waals surface area contributed by atoms with Gasteiger partial charge in [-0.15, -0.1) is 10.2 Å². The Morgan fingerprint density at radius 2 is 2.03 bits per heavy atom. The number of aromatic nitrogens is 5. The minimum Gasteiger partial charge on any atom is -0.443 e. The average molecular weight is 535 g/mol. The molecule has 5 rings (SSSR count). The second-order valence-corrected chi connectivity index (χ2v) is 10.4. The number of alkyl carbamates (subject to hydrolysis) is 1. The molecule has 0 aliphatic carbocycles. The van der Waals surface area contributed by atoms with Crippen LogP contribution in [-0.4, -0.2) is 63.5 Å². The van der Waals surface area contributed by atoms with Crippen LogP contribution in [0.2, 0.25) is 0 Å². The Kier molecular flexibility index (Phi) is 7.21. The first-order valence-corrected chi connectivity index (χ1v) is 13.1. The van der Waals surface area contributed by atoms with Crippen molar-refractivity contribution >= 4 is 23.6 Å². The summed E-state index contributed by atoms with van der Waals surface area (Å²) in [6.07, 6.45) is -0.564. The average Bonchev–Trinajstić information content (AvgIpc) is 3.52. The first kappa shape index (κ1) is 26.5. The van der Waals surface area contributed by atoms with Gasteiger partial charge >= 0.3 is 6.09 Å². The third-order valence-electron chi connectivity index (χ3n) is 7.30. The Morgan fingerprint density at radius 3 is 2.74 bits per heavy atom. The van der Waals surface area contributed by atoms with Gasteiger partial charge in [0.05, 0.1) is 30.5 Å². The lowest BCUT2D eigenvalue weighted by molar-refractivity contribution is 0.0404. The first-order chi connectivity index (χ1) is 18.7. The van der Waals surface area contributed by atoms with Crippen LogP contribution in [0.4, 0.5) is 16.4 Å². The predicted molar refractivity (Wildman–Crippen MR) is 144 cm³/mol. The lowest BCUT2D eigenvalue weighted by Crippen LogP contribution is -2.28. The van der Waals surface area contributed by atoms with Crippen molar-refractivity contribution in [1.29, 1.82) is 0 Å². The Hall–Kier alpha value is -4.06. The smallest absolute Gasteiger partial charge is 0.407 e. The van der Waals surface area contributed by atoms with E-state index in [9.17, 15) is 9.59 Å². The van der Waals surface area contributed by atoms with Crippen LogP contribution in [0.5, 0.6) is 0 Å². The number of nitrogens with one attached hydrogen (secondary N) is 1. The van der Waals surface area contributed by atoms with E-state index in [-0.39, 0.29) is 31.1 Å². The molecule has 0 saturated carbocycles. The van der Waals surface area contributed by atoms with Gasteiger partial charge in [0, 0.05) is 25.7 Å². The lowest BCUT2D eigenvalue weighted by atomic mass is 10.0. The first-order valence-electron chi connectivity index (χ1n) is 13.1. The van der Waals surface area contributed by atoms with Crippen LogP contribution in [-0.2, 0) is 29.2 Å². The summed E-state index contributed by atoms with van der Waals surface area (Å²) in [6, 6.07) is 7.59. The number of anilines is 2. The zero-order valence-electron chi connectivity index (χ0n) is 23.1. The number of nitrogens with zero attached hydrogens (tertiary/aromatic N) is 7. The number of fused-ring (bicyclic) bond motifs is 2. The fourth-order valence-corrected chi connectivity index (χ4v) is 4.79. The Bertz CT molecular complexity index is 1400. The maximum Gasteiger partial charge on any atom is 0.407 e. The molecule has 0 radical (unpaired) electrons. The molecule has 0 aromatic carbocycles. The van der Waals surface area contributed by atoms with E-state index in [1.165, 1.54) is 7.05 Å². The van der Waals surface area contributed by atoms with E-state index in [0.29, 0.717) is 59.1 Å². The Balaban J connectivity index is 1.51. The predicted octanol–water partition coefficient (Wildman–Crippen LogP) is 3.32. The molecule has 0 unspecified atom stereocenters. The zero-order valence-corrected chi connectivity index (χ0v) is 23.1. The van der Waals surface area contributed by atoms with Crippen molar-refractivity contribution < 1.29 is 19.1 Å². The molecule has 0 bridgehead atoms. The van der Waals surface area contributed by atoms with Crippen LogP contribution >= 0.6 is 0 Å². The molecule has 1 atom stereocenters. The van der Waals surface area contributed by atoms with Gasteiger partial charge in [-0.3, -0.25) is 9.69 Å². The zero-order chi connectivity index (χ0) is 27.8. The van der Waals surface area contributed by atoms with Crippen molar-refractivity contribution in [1.82, 2.24) is 30.0 Å². The SMILES string of the molecule is CNC(=O)OCc1nc(N(C)C(C)C)cc2c1CN(c1cccc(-c3nnc4n3[C@@H](C(C)C)COC4)n1)C2=O. The van der Waals surface area contributed by atoms with E-state index >= 15 is 0 Å². The fourth-order valence-electron chi connectivity index (χ4n) is 4.79. The number of ether oxygens (including phenoxy) is 2.